The smallest absolute Gasteiger partial charge is 0.0778 e. The molecule has 19 heavy (non-hydrogen) atoms. The summed E-state index contributed by atoms with van der Waals surface area (Å²) in [6.45, 7) is 14.0. The Kier molecular flexibility index (Phi) is 5.88. The van der Waals surface area contributed by atoms with Crippen LogP contribution in [-0.4, -0.2) is 23.9 Å². The van der Waals surface area contributed by atoms with E-state index in [1.807, 2.05) is 0 Å². The van der Waals surface area contributed by atoms with E-state index in [1.165, 1.54) is 12.8 Å². The quantitative estimate of drug-likeness (QED) is 0.820. The van der Waals surface area contributed by atoms with Gasteiger partial charge < -0.3 is 9.84 Å². The maximum absolute atomic E-state index is 9.97. The average molecular weight is 270 g/mol. The molecule has 114 valence electrons. The van der Waals surface area contributed by atoms with Crippen LogP contribution in [0.5, 0.6) is 0 Å². The summed E-state index contributed by atoms with van der Waals surface area (Å²) in [7, 11) is 0. The molecular weight excluding hydrogens is 236 g/mol. The van der Waals surface area contributed by atoms with Gasteiger partial charge in [0, 0.05) is 0 Å². The highest BCUT2D eigenvalue weighted by Crippen LogP contribution is 2.38. The summed E-state index contributed by atoms with van der Waals surface area (Å²) in [5.74, 6) is 0.826. The molecule has 1 aliphatic rings. The standard InChI is InChI=1S/C17H34O2/c1-16(2,3)11-14(18)12-19-15-9-7-13(8-10-15)17(4,5)6/h13-15,18H,7-12H2,1-6H3. The lowest BCUT2D eigenvalue weighted by molar-refractivity contribution is -0.0456. The molecule has 0 radical (unpaired) electrons. The SMILES string of the molecule is CC(C)(C)CC(O)COC1CCC(C(C)(C)C)CC1. The Morgan fingerprint density at radius 1 is 1.00 bits per heavy atom. The van der Waals surface area contributed by atoms with E-state index in [9.17, 15) is 5.11 Å². The highest BCUT2D eigenvalue weighted by Gasteiger charge is 2.30. The van der Waals surface area contributed by atoms with Gasteiger partial charge in [0.25, 0.3) is 0 Å². The second kappa shape index (κ2) is 6.58. The molecule has 1 atom stereocenters. The topological polar surface area (TPSA) is 29.5 Å². The number of aliphatic hydroxyl groups excluding tert-OH is 1. The van der Waals surface area contributed by atoms with Gasteiger partial charge in [0.2, 0.25) is 0 Å². The van der Waals surface area contributed by atoms with Gasteiger partial charge in [0.05, 0.1) is 18.8 Å². The third kappa shape index (κ3) is 6.76. The van der Waals surface area contributed by atoms with Gasteiger partial charge >= 0.3 is 0 Å². The minimum atomic E-state index is -0.319. The van der Waals surface area contributed by atoms with Crippen LogP contribution < -0.4 is 0 Å². The van der Waals surface area contributed by atoms with Gasteiger partial charge in [0.1, 0.15) is 0 Å². The van der Waals surface area contributed by atoms with Crippen molar-refractivity contribution in [2.45, 2.75) is 85.9 Å². The number of hydrogen-bond donors (Lipinski definition) is 1. The highest BCUT2D eigenvalue weighted by atomic mass is 16.5. The molecule has 1 aliphatic carbocycles. The minimum absolute atomic E-state index is 0.173. The molecule has 0 aromatic rings. The lowest BCUT2D eigenvalue weighted by Crippen LogP contribution is -2.31. The van der Waals surface area contributed by atoms with E-state index in [2.05, 4.69) is 41.5 Å². The van der Waals surface area contributed by atoms with Crippen LogP contribution in [0.1, 0.15) is 73.6 Å². The maximum Gasteiger partial charge on any atom is 0.0778 e. The van der Waals surface area contributed by atoms with Crippen LogP contribution in [0, 0.1) is 16.7 Å². The molecule has 0 aromatic carbocycles. The summed E-state index contributed by atoms with van der Waals surface area (Å²) in [4.78, 5) is 0. The summed E-state index contributed by atoms with van der Waals surface area (Å²) in [5, 5.41) is 9.97. The average Bonchev–Trinajstić information content (AvgIpc) is 2.23. The van der Waals surface area contributed by atoms with E-state index < -0.39 is 0 Å². The van der Waals surface area contributed by atoms with Gasteiger partial charge in [-0.1, -0.05) is 41.5 Å². The third-order valence-corrected chi connectivity index (χ3v) is 4.27. The normalized spacial score (nSPS) is 27.3. The third-order valence-electron chi connectivity index (χ3n) is 4.27. The summed E-state index contributed by atoms with van der Waals surface area (Å²) < 4.78 is 5.90. The van der Waals surface area contributed by atoms with Crippen LogP contribution in [0.4, 0.5) is 0 Å². The van der Waals surface area contributed by atoms with Crippen molar-refractivity contribution in [3.8, 4) is 0 Å². The zero-order valence-electron chi connectivity index (χ0n) is 13.8. The first-order chi connectivity index (χ1) is 8.58. The van der Waals surface area contributed by atoms with Crippen LogP contribution in [-0.2, 0) is 4.74 Å². The van der Waals surface area contributed by atoms with Crippen molar-refractivity contribution in [3.63, 3.8) is 0 Å². The highest BCUT2D eigenvalue weighted by molar-refractivity contribution is 4.81. The number of aliphatic hydroxyl groups is 1. The predicted molar refractivity (Wildman–Crippen MR) is 81.2 cm³/mol. The van der Waals surface area contributed by atoms with Crippen LogP contribution in [0.2, 0.25) is 0 Å². The molecule has 0 amide bonds. The molecule has 0 spiro atoms. The lowest BCUT2D eigenvalue weighted by atomic mass is 9.72. The van der Waals surface area contributed by atoms with E-state index in [-0.39, 0.29) is 11.5 Å². The van der Waals surface area contributed by atoms with E-state index in [0.29, 0.717) is 18.1 Å². The van der Waals surface area contributed by atoms with E-state index in [1.54, 1.807) is 0 Å². The van der Waals surface area contributed by atoms with Crippen molar-refractivity contribution in [1.82, 2.24) is 0 Å². The van der Waals surface area contributed by atoms with Gasteiger partial charge in [-0.3, -0.25) is 0 Å². The first-order valence-electron chi connectivity index (χ1n) is 7.87. The molecule has 1 N–H and O–H groups in total. The van der Waals surface area contributed by atoms with Crippen molar-refractivity contribution < 1.29 is 9.84 Å². The van der Waals surface area contributed by atoms with Crippen molar-refractivity contribution in [3.05, 3.63) is 0 Å². The molecule has 0 heterocycles. The van der Waals surface area contributed by atoms with E-state index >= 15 is 0 Å². The molecule has 0 aliphatic heterocycles. The van der Waals surface area contributed by atoms with E-state index in [0.717, 1.165) is 25.2 Å². The Morgan fingerprint density at radius 2 is 1.53 bits per heavy atom. The number of hydrogen-bond acceptors (Lipinski definition) is 2. The molecule has 1 unspecified atom stereocenters. The van der Waals surface area contributed by atoms with Crippen molar-refractivity contribution in [2.75, 3.05) is 6.61 Å². The molecule has 0 saturated heterocycles. The Morgan fingerprint density at radius 3 is 1.95 bits per heavy atom. The second-order valence-electron chi connectivity index (χ2n) is 8.59. The summed E-state index contributed by atoms with van der Waals surface area (Å²) in [5.41, 5.74) is 0.601. The van der Waals surface area contributed by atoms with Gasteiger partial charge in [-0.15, -0.1) is 0 Å². The van der Waals surface area contributed by atoms with Crippen molar-refractivity contribution in [1.29, 1.82) is 0 Å². The lowest BCUT2D eigenvalue weighted by Gasteiger charge is -2.37. The molecular formula is C17H34O2. The molecule has 2 heteroatoms. The zero-order chi connectivity index (χ0) is 14.7. The fraction of sp³-hybridized carbons (Fsp3) is 1.00. The summed E-state index contributed by atoms with van der Waals surface area (Å²) in [6, 6.07) is 0. The van der Waals surface area contributed by atoms with Crippen molar-refractivity contribution >= 4 is 0 Å². The van der Waals surface area contributed by atoms with Crippen LogP contribution >= 0.6 is 0 Å². The first-order valence-corrected chi connectivity index (χ1v) is 7.87. The maximum atomic E-state index is 9.97. The summed E-state index contributed by atoms with van der Waals surface area (Å²) >= 11 is 0. The molecule has 1 saturated carbocycles. The van der Waals surface area contributed by atoms with Crippen LogP contribution in [0.3, 0.4) is 0 Å². The monoisotopic (exact) mass is 270 g/mol. The van der Waals surface area contributed by atoms with Crippen LogP contribution in [0.25, 0.3) is 0 Å². The molecule has 1 fully saturated rings. The minimum Gasteiger partial charge on any atom is -0.391 e. The molecule has 0 aromatic heterocycles. The Bertz CT molecular complexity index is 251. The fourth-order valence-electron chi connectivity index (χ4n) is 3.11. The van der Waals surface area contributed by atoms with E-state index in [4.69, 9.17) is 4.74 Å². The number of rotatable bonds is 4. The van der Waals surface area contributed by atoms with Gasteiger partial charge in [-0.2, -0.15) is 0 Å². The molecule has 1 rings (SSSR count). The fourth-order valence-corrected chi connectivity index (χ4v) is 3.11. The van der Waals surface area contributed by atoms with Crippen molar-refractivity contribution in [2.24, 2.45) is 16.7 Å². The number of ether oxygens (including phenoxy) is 1. The Hall–Kier alpha value is -0.0800. The van der Waals surface area contributed by atoms with Gasteiger partial charge in [-0.05, 0) is 48.9 Å². The molecule has 0 bridgehead atoms. The second-order valence-corrected chi connectivity index (χ2v) is 8.59. The Balaban J connectivity index is 2.23. The Labute approximate surface area is 119 Å². The largest absolute Gasteiger partial charge is 0.391 e. The predicted octanol–water partition coefficient (Wildman–Crippen LogP) is 4.41. The van der Waals surface area contributed by atoms with Crippen LogP contribution in [0.15, 0.2) is 0 Å². The first kappa shape index (κ1) is 17.0. The zero-order valence-corrected chi connectivity index (χ0v) is 13.8. The molecule has 2 nitrogen and oxygen atoms in total. The van der Waals surface area contributed by atoms with Gasteiger partial charge in [0.15, 0.2) is 0 Å². The van der Waals surface area contributed by atoms with Gasteiger partial charge in [-0.25, -0.2) is 0 Å². The summed E-state index contributed by atoms with van der Waals surface area (Å²) in [6.07, 6.45) is 5.71.